The topological polar surface area (TPSA) is 108 Å². The minimum atomic E-state index is -4.53. The summed E-state index contributed by atoms with van der Waals surface area (Å²) in [5, 5.41) is 13.6. The molecule has 0 aromatic rings. The Morgan fingerprint density at radius 1 is 0.596 bits per heavy atom. The molecule has 0 aromatic heterocycles. The Morgan fingerprint density at radius 2 is 0.942 bits per heavy atom. The molecule has 312 valence electrons. The lowest BCUT2D eigenvalue weighted by Crippen LogP contribution is -2.46. The van der Waals surface area contributed by atoms with Gasteiger partial charge in [0.05, 0.1) is 39.9 Å². The third-order valence-corrected chi connectivity index (χ3v) is 11.3. The predicted molar refractivity (Wildman–Crippen MR) is 219 cm³/mol. The second-order valence-electron chi connectivity index (χ2n) is 16.8. The summed E-state index contributed by atoms with van der Waals surface area (Å²) in [5.74, 6) is -0.198. The van der Waals surface area contributed by atoms with E-state index in [4.69, 9.17) is 9.05 Å². The molecule has 2 N–H and O–H groups in total. The molecule has 0 aromatic carbocycles. The molecule has 3 unspecified atom stereocenters. The van der Waals surface area contributed by atoms with Gasteiger partial charge >= 0.3 is 0 Å². The van der Waals surface area contributed by atoms with Crippen LogP contribution in [0.4, 0.5) is 0 Å². The van der Waals surface area contributed by atoms with E-state index in [1.54, 1.807) is 0 Å². The zero-order valence-electron chi connectivity index (χ0n) is 35.3. The molecule has 52 heavy (non-hydrogen) atoms. The van der Waals surface area contributed by atoms with Crippen molar-refractivity contribution >= 4 is 13.7 Å². The lowest BCUT2D eigenvalue weighted by Gasteiger charge is -2.30. The molecule has 0 bridgehead atoms. The number of phosphoric ester groups is 1. The third kappa shape index (κ3) is 37.8. The van der Waals surface area contributed by atoms with Gasteiger partial charge in [-0.2, -0.15) is 0 Å². The Kier molecular flexibility index (Phi) is 35.8. The van der Waals surface area contributed by atoms with Crippen molar-refractivity contribution in [2.24, 2.45) is 0 Å². The van der Waals surface area contributed by atoms with E-state index >= 15 is 0 Å². The molecule has 0 radical (unpaired) electrons. The van der Waals surface area contributed by atoms with Crippen LogP contribution in [0.15, 0.2) is 0 Å². The third-order valence-electron chi connectivity index (χ3n) is 10.3. The normalized spacial score (nSPS) is 14.4. The minimum absolute atomic E-state index is 0.0139. The Hall–Kier alpha value is -0.500. The van der Waals surface area contributed by atoms with Gasteiger partial charge in [0.15, 0.2) is 0 Å². The molecule has 0 fully saturated rings. The summed E-state index contributed by atoms with van der Waals surface area (Å²) in [4.78, 5) is 24.6. The highest BCUT2D eigenvalue weighted by Gasteiger charge is 2.24. The number of phosphoric acid groups is 1. The van der Waals surface area contributed by atoms with E-state index in [-0.39, 0.29) is 19.1 Å². The highest BCUT2D eigenvalue weighted by molar-refractivity contribution is 7.45. The zero-order chi connectivity index (χ0) is 38.6. The Morgan fingerprint density at radius 3 is 1.29 bits per heavy atom. The number of likely N-dealkylation sites (N-methyl/N-ethyl adjacent to an activating group) is 1. The molecule has 0 saturated carbocycles. The Bertz CT molecular complexity index is 824. The van der Waals surface area contributed by atoms with E-state index in [0.29, 0.717) is 23.9 Å². The van der Waals surface area contributed by atoms with Gasteiger partial charge in [0.25, 0.3) is 7.82 Å². The first kappa shape index (κ1) is 51.5. The van der Waals surface area contributed by atoms with Crippen molar-refractivity contribution < 1.29 is 32.9 Å². The summed E-state index contributed by atoms with van der Waals surface area (Å²) >= 11 is 0. The average molecular weight is 761 g/mol. The maximum Gasteiger partial charge on any atom is 0.268 e. The molecule has 9 heteroatoms. The number of unbranched alkanes of at least 4 members (excludes halogenated alkanes) is 28. The molecule has 0 rings (SSSR count). The van der Waals surface area contributed by atoms with Crippen LogP contribution in [0.1, 0.15) is 219 Å². The van der Waals surface area contributed by atoms with Gasteiger partial charge in [-0.15, -0.1) is 0 Å². The van der Waals surface area contributed by atoms with Crippen molar-refractivity contribution in [3.05, 3.63) is 0 Å². The average Bonchev–Trinajstić information content (AvgIpc) is 3.09. The molecule has 3 atom stereocenters. The van der Waals surface area contributed by atoms with Crippen molar-refractivity contribution in [1.82, 2.24) is 5.32 Å². The molecule has 0 aliphatic carbocycles. The summed E-state index contributed by atoms with van der Waals surface area (Å²) in [6, 6.07) is -0.789. The van der Waals surface area contributed by atoms with Gasteiger partial charge in [0, 0.05) is 6.42 Å². The predicted octanol–water partition coefficient (Wildman–Crippen LogP) is 11.6. The van der Waals surface area contributed by atoms with E-state index in [9.17, 15) is 19.4 Å². The van der Waals surface area contributed by atoms with Crippen molar-refractivity contribution in [3.63, 3.8) is 0 Å². The number of aliphatic hydroxyl groups is 1. The van der Waals surface area contributed by atoms with E-state index < -0.39 is 20.0 Å². The largest absolute Gasteiger partial charge is 0.756 e. The maximum atomic E-state index is 12.4. The molecule has 8 nitrogen and oxygen atoms in total. The highest BCUT2D eigenvalue weighted by atomic mass is 31.2. The summed E-state index contributed by atoms with van der Waals surface area (Å²) in [5.41, 5.74) is 0. The van der Waals surface area contributed by atoms with Gasteiger partial charge < -0.3 is 28.8 Å². The molecule has 0 spiro atoms. The lowest BCUT2D eigenvalue weighted by atomic mass is 10.0. The molecular formula is C43H89N2O6P. The van der Waals surface area contributed by atoms with Gasteiger partial charge in [-0.3, -0.25) is 9.36 Å². The van der Waals surface area contributed by atoms with Crippen molar-refractivity contribution in [2.75, 3.05) is 40.9 Å². The van der Waals surface area contributed by atoms with Gasteiger partial charge in [-0.25, -0.2) is 0 Å². The molecule has 0 saturated heterocycles. The Labute approximate surface area is 323 Å². The summed E-state index contributed by atoms with van der Waals surface area (Å²) in [6.45, 7) is 4.49. The van der Waals surface area contributed by atoms with Gasteiger partial charge in [0.2, 0.25) is 5.91 Å². The molecule has 1 amide bonds. The van der Waals surface area contributed by atoms with Crippen LogP contribution in [0.2, 0.25) is 0 Å². The second-order valence-corrected chi connectivity index (χ2v) is 18.2. The number of carbonyl (C=O) groups is 1. The number of rotatable bonds is 41. The standard InChI is InChI=1S/C43H89N2O6P/c1-6-8-10-11-12-13-14-15-16-17-18-19-20-21-22-23-24-25-26-27-28-29-30-31-32-33-34-35-36-42(46)41(44-43(47)37-9-7-2)40-51-52(48,49)50-39-38-45(3,4)5/h41-42,46H,6-40H2,1-5H3,(H-,44,47,48,49). The van der Waals surface area contributed by atoms with Crippen LogP contribution >= 0.6 is 7.82 Å². The zero-order valence-corrected chi connectivity index (χ0v) is 36.2. The van der Waals surface area contributed by atoms with Crippen LogP contribution < -0.4 is 10.2 Å². The monoisotopic (exact) mass is 761 g/mol. The number of nitrogens with one attached hydrogen (secondary N) is 1. The van der Waals surface area contributed by atoms with Gasteiger partial charge in [-0.05, 0) is 12.8 Å². The van der Waals surface area contributed by atoms with Crippen molar-refractivity contribution in [2.45, 2.75) is 231 Å². The van der Waals surface area contributed by atoms with Crippen LogP contribution in [0.3, 0.4) is 0 Å². The maximum absolute atomic E-state index is 12.4. The van der Waals surface area contributed by atoms with E-state index in [0.717, 1.165) is 32.1 Å². The van der Waals surface area contributed by atoms with Gasteiger partial charge in [-0.1, -0.05) is 200 Å². The SMILES string of the molecule is CCCCCCCCCCCCCCCCCCCCCCCCCCCCCCC(O)C(COP(=O)([O-])OCC[N+](C)(C)C)NC(=O)CCCC. The summed E-state index contributed by atoms with van der Waals surface area (Å²) < 4.78 is 22.9. The van der Waals surface area contributed by atoms with Crippen LogP contribution in [-0.2, 0) is 18.4 Å². The van der Waals surface area contributed by atoms with Crippen molar-refractivity contribution in [3.8, 4) is 0 Å². The molecule has 0 heterocycles. The van der Waals surface area contributed by atoms with Crippen molar-refractivity contribution in [1.29, 1.82) is 0 Å². The first-order chi connectivity index (χ1) is 25.0. The van der Waals surface area contributed by atoms with E-state index in [1.807, 2.05) is 28.1 Å². The number of hydrogen-bond donors (Lipinski definition) is 2. The number of aliphatic hydroxyl groups excluding tert-OH is 1. The number of hydrogen-bond acceptors (Lipinski definition) is 6. The first-order valence-electron chi connectivity index (χ1n) is 22.4. The minimum Gasteiger partial charge on any atom is -0.756 e. The smallest absolute Gasteiger partial charge is 0.268 e. The number of nitrogens with zero attached hydrogens (tertiary/aromatic N) is 1. The van der Waals surface area contributed by atoms with Crippen LogP contribution in [0.25, 0.3) is 0 Å². The van der Waals surface area contributed by atoms with Gasteiger partial charge in [0.1, 0.15) is 13.2 Å². The fraction of sp³-hybridized carbons (Fsp3) is 0.977. The van der Waals surface area contributed by atoms with Crippen LogP contribution in [-0.4, -0.2) is 68.5 Å². The fourth-order valence-corrected chi connectivity index (χ4v) is 7.45. The number of carbonyl (C=O) groups excluding carboxylic acids is 1. The summed E-state index contributed by atoms with van der Waals surface area (Å²) in [6.07, 6.45) is 39.6. The van der Waals surface area contributed by atoms with Crippen LogP contribution in [0, 0.1) is 0 Å². The fourth-order valence-electron chi connectivity index (χ4n) is 6.72. The molecule has 0 aliphatic rings. The van der Waals surface area contributed by atoms with E-state index in [1.165, 1.54) is 161 Å². The molecule has 0 aliphatic heterocycles. The first-order valence-corrected chi connectivity index (χ1v) is 23.8. The Balaban J connectivity index is 3.75. The summed E-state index contributed by atoms with van der Waals surface area (Å²) in [7, 11) is 1.31. The second kappa shape index (κ2) is 36.2. The van der Waals surface area contributed by atoms with Crippen LogP contribution in [0.5, 0.6) is 0 Å². The number of quaternary nitrogens is 1. The highest BCUT2D eigenvalue weighted by Crippen LogP contribution is 2.38. The molecular weight excluding hydrogens is 671 g/mol. The quantitative estimate of drug-likeness (QED) is 0.0365. The lowest BCUT2D eigenvalue weighted by molar-refractivity contribution is -0.870. The van der Waals surface area contributed by atoms with E-state index in [2.05, 4.69) is 12.2 Å². The number of amides is 1.